The van der Waals surface area contributed by atoms with Crippen LogP contribution in [0.3, 0.4) is 0 Å². The minimum absolute atomic E-state index is 0.0200. The van der Waals surface area contributed by atoms with E-state index in [2.05, 4.69) is 5.32 Å². The molecule has 0 fully saturated rings. The SMILES string of the molecule is COc1ccc(S(=O)(=O)N(C)CC(=O)N[C@@H](C)c2ccccc2)cc1OC. The van der Waals surface area contributed by atoms with Crippen LogP contribution in [-0.2, 0) is 14.8 Å². The molecule has 1 N–H and O–H groups in total. The molecule has 8 heteroatoms. The molecule has 2 aromatic rings. The first-order valence-corrected chi connectivity index (χ1v) is 9.76. The Bertz CT molecular complexity index is 884. The van der Waals surface area contributed by atoms with Crippen molar-refractivity contribution in [1.82, 2.24) is 9.62 Å². The highest BCUT2D eigenvalue weighted by molar-refractivity contribution is 7.89. The lowest BCUT2D eigenvalue weighted by Gasteiger charge is -2.20. The maximum atomic E-state index is 12.7. The van der Waals surface area contributed by atoms with Gasteiger partial charge in [-0.25, -0.2) is 8.42 Å². The van der Waals surface area contributed by atoms with E-state index in [9.17, 15) is 13.2 Å². The minimum atomic E-state index is -3.86. The lowest BCUT2D eigenvalue weighted by molar-refractivity contribution is -0.121. The molecule has 1 atom stereocenters. The highest BCUT2D eigenvalue weighted by atomic mass is 32.2. The average Bonchev–Trinajstić information content (AvgIpc) is 2.67. The topological polar surface area (TPSA) is 84.9 Å². The molecule has 0 unspecified atom stereocenters. The van der Waals surface area contributed by atoms with Crippen molar-refractivity contribution in [3.8, 4) is 11.5 Å². The number of sulfonamides is 1. The molecule has 146 valence electrons. The second-order valence-electron chi connectivity index (χ2n) is 5.98. The molecule has 1 amide bonds. The number of carbonyl (C=O) groups is 1. The van der Waals surface area contributed by atoms with Crippen LogP contribution in [0.4, 0.5) is 0 Å². The Morgan fingerprint density at radius 2 is 1.70 bits per heavy atom. The maximum absolute atomic E-state index is 12.7. The lowest BCUT2D eigenvalue weighted by atomic mass is 10.1. The molecular formula is C19H24N2O5S. The molecule has 0 aromatic heterocycles. The molecule has 0 saturated heterocycles. The van der Waals surface area contributed by atoms with Crippen LogP contribution < -0.4 is 14.8 Å². The van der Waals surface area contributed by atoms with Crippen LogP contribution in [0.2, 0.25) is 0 Å². The van der Waals surface area contributed by atoms with E-state index in [-0.39, 0.29) is 17.5 Å². The van der Waals surface area contributed by atoms with Gasteiger partial charge in [0, 0.05) is 13.1 Å². The van der Waals surface area contributed by atoms with Gasteiger partial charge in [0.15, 0.2) is 11.5 Å². The summed E-state index contributed by atoms with van der Waals surface area (Å²) in [5.74, 6) is 0.334. The van der Waals surface area contributed by atoms with Gasteiger partial charge in [-0.05, 0) is 24.6 Å². The monoisotopic (exact) mass is 392 g/mol. The molecule has 0 radical (unpaired) electrons. The van der Waals surface area contributed by atoms with Crippen LogP contribution in [0.25, 0.3) is 0 Å². The summed E-state index contributed by atoms with van der Waals surface area (Å²) in [5.41, 5.74) is 0.941. The number of hydrogen-bond donors (Lipinski definition) is 1. The number of hydrogen-bond acceptors (Lipinski definition) is 5. The molecule has 7 nitrogen and oxygen atoms in total. The summed E-state index contributed by atoms with van der Waals surface area (Å²) in [6.07, 6.45) is 0. The zero-order chi connectivity index (χ0) is 20.0. The molecule has 0 aliphatic carbocycles. The van der Waals surface area contributed by atoms with E-state index in [4.69, 9.17) is 9.47 Å². The molecule has 2 rings (SSSR count). The highest BCUT2D eigenvalue weighted by Crippen LogP contribution is 2.30. The molecule has 2 aromatic carbocycles. The molecule has 0 heterocycles. The smallest absolute Gasteiger partial charge is 0.243 e. The summed E-state index contributed by atoms with van der Waals surface area (Å²) in [6, 6.07) is 13.5. The van der Waals surface area contributed by atoms with Gasteiger partial charge < -0.3 is 14.8 Å². The summed E-state index contributed by atoms with van der Waals surface area (Å²) in [7, 11) is 0.400. The van der Waals surface area contributed by atoms with Gasteiger partial charge in [-0.3, -0.25) is 4.79 Å². The number of benzene rings is 2. The average molecular weight is 392 g/mol. The van der Waals surface area contributed by atoms with Gasteiger partial charge in [0.2, 0.25) is 15.9 Å². The Hall–Kier alpha value is -2.58. The number of rotatable bonds is 8. The Morgan fingerprint density at radius 1 is 1.07 bits per heavy atom. The van der Waals surface area contributed by atoms with Crippen molar-refractivity contribution in [2.45, 2.75) is 17.9 Å². The first-order chi connectivity index (χ1) is 12.8. The van der Waals surface area contributed by atoms with E-state index in [0.29, 0.717) is 11.5 Å². The molecule has 0 saturated carbocycles. The van der Waals surface area contributed by atoms with E-state index in [0.717, 1.165) is 9.87 Å². The summed E-state index contributed by atoms with van der Waals surface area (Å²) >= 11 is 0. The van der Waals surface area contributed by atoms with Gasteiger partial charge in [0.1, 0.15) is 0 Å². The zero-order valence-corrected chi connectivity index (χ0v) is 16.6. The summed E-state index contributed by atoms with van der Waals surface area (Å²) in [4.78, 5) is 12.3. The van der Waals surface area contributed by atoms with Crippen molar-refractivity contribution < 1.29 is 22.7 Å². The molecular weight excluding hydrogens is 368 g/mol. The normalized spacial score (nSPS) is 12.5. The first kappa shape index (κ1) is 20.7. The van der Waals surface area contributed by atoms with Crippen molar-refractivity contribution in [2.24, 2.45) is 0 Å². The number of ether oxygens (including phenoxy) is 2. The standard InChI is InChI=1S/C19H24N2O5S/c1-14(15-8-6-5-7-9-15)20-19(22)13-21(2)27(23,24)16-10-11-17(25-3)18(12-16)26-4/h5-12,14H,13H2,1-4H3,(H,20,22)/t14-/m0/s1. The van der Waals surface area contributed by atoms with E-state index >= 15 is 0 Å². The maximum Gasteiger partial charge on any atom is 0.243 e. The molecule has 0 aliphatic heterocycles. The van der Waals surface area contributed by atoms with Gasteiger partial charge in [-0.15, -0.1) is 0 Å². The fourth-order valence-corrected chi connectivity index (χ4v) is 3.70. The summed E-state index contributed by atoms with van der Waals surface area (Å²) < 4.78 is 36.7. The Balaban J connectivity index is 2.09. The van der Waals surface area contributed by atoms with Crippen LogP contribution in [0, 0.1) is 0 Å². The molecule has 0 bridgehead atoms. The molecule has 0 spiro atoms. The largest absolute Gasteiger partial charge is 0.493 e. The van der Waals surface area contributed by atoms with Gasteiger partial charge in [-0.1, -0.05) is 30.3 Å². The van der Waals surface area contributed by atoms with Crippen molar-refractivity contribution >= 4 is 15.9 Å². The number of nitrogens with zero attached hydrogens (tertiary/aromatic N) is 1. The molecule has 0 aliphatic rings. The predicted molar refractivity (Wildman–Crippen MR) is 102 cm³/mol. The fraction of sp³-hybridized carbons (Fsp3) is 0.316. The fourth-order valence-electron chi connectivity index (χ4n) is 2.56. The van der Waals surface area contributed by atoms with E-state index in [1.807, 2.05) is 37.3 Å². The Kier molecular flexibility index (Phi) is 6.81. The number of methoxy groups -OCH3 is 2. The number of nitrogens with one attached hydrogen (secondary N) is 1. The van der Waals surface area contributed by atoms with Crippen molar-refractivity contribution in [3.05, 3.63) is 54.1 Å². The second kappa shape index (κ2) is 8.88. The van der Waals surface area contributed by atoms with Crippen molar-refractivity contribution in [1.29, 1.82) is 0 Å². The van der Waals surface area contributed by atoms with Crippen LogP contribution in [0.5, 0.6) is 11.5 Å². The number of likely N-dealkylation sites (N-methyl/N-ethyl adjacent to an activating group) is 1. The van der Waals surface area contributed by atoms with Crippen LogP contribution in [-0.4, -0.2) is 46.4 Å². The zero-order valence-electron chi connectivity index (χ0n) is 15.8. The third-order valence-corrected chi connectivity index (χ3v) is 5.91. The number of amides is 1. The quantitative estimate of drug-likeness (QED) is 0.744. The molecule has 27 heavy (non-hydrogen) atoms. The Morgan fingerprint density at radius 3 is 2.30 bits per heavy atom. The Labute approximate surface area is 160 Å². The number of carbonyl (C=O) groups excluding carboxylic acids is 1. The van der Waals surface area contributed by atoms with E-state index in [1.54, 1.807) is 0 Å². The van der Waals surface area contributed by atoms with Crippen LogP contribution >= 0.6 is 0 Å². The summed E-state index contributed by atoms with van der Waals surface area (Å²) in [5, 5.41) is 2.80. The van der Waals surface area contributed by atoms with Crippen LogP contribution in [0.1, 0.15) is 18.5 Å². The predicted octanol–water partition coefficient (Wildman–Crippen LogP) is 2.20. The lowest BCUT2D eigenvalue weighted by Crippen LogP contribution is -2.39. The van der Waals surface area contributed by atoms with Gasteiger partial charge >= 0.3 is 0 Å². The van der Waals surface area contributed by atoms with E-state index < -0.39 is 15.9 Å². The van der Waals surface area contributed by atoms with Crippen molar-refractivity contribution in [3.63, 3.8) is 0 Å². The van der Waals surface area contributed by atoms with E-state index in [1.165, 1.54) is 39.5 Å². The third-order valence-electron chi connectivity index (χ3n) is 4.11. The minimum Gasteiger partial charge on any atom is -0.493 e. The third kappa shape index (κ3) is 4.99. The first-order valence-electron chi connectivity index (χ1n) is 8.32. The van der Waals surface area contributed by atoms with Crippen LogP contribution in [0.15, 0.2) is 53.4 Å². The van der Waals surface area contributed by atoms with Gasteiger partial charge in [0.05, 0.1) is 31.7 Å². The van der Waals surface area contributed by atoms with Gasteiger partial charge in [-0.2, -0.15) is 4.31 Å². The highest BCUT2D eigenvalue weighted by Gasteiger charge is 2.25. The summed E-state index contributed by atoms with van der Waals surface area (Å²) in [6.45, 7) is 1.55. The van der Waals surface area contributed by atoms with Crippen molar-refractivity contribution in [2.75, 3.05) is 27.8 Å². The second-order valence-corrected chi connectivity index (χ2v) is 8.02. The van der Waals surface area contributed by atoms with Gasteiger partial charge in [0.25, 0.3) is 0 Å².